The van der Waals surface area contributed by atoms with Crippen LogP contribution >= 0.6 is 0 Å². The summed E-state index contributed by atoms with van der Waals surface area (Å²) in [5.74, 6) is 0.514. The number of aromatic nitrogens is 1. The van der Waals surface area contributed by atoms with E-state index in [1.165, 1.54) is 0 Å². The van der Waals surface area contributed by atoms with Crippen LogP contribution in [0.2, 0.25) is 0 Å². The molecule has 5 heteroatoms. The highest BCUT2D eigenvalue weighted by atomic mass is 16.5. The molecule has 1 aromatic rings. The molecule has 0 aliphatic carbocycles. The van der Waals surface area contributed by atoms with E-state index in [1.54, 1.807) is 6.20 Å². The van der Waals surface area contributed by atoms with Crippen molar-refractivity contribution in [1.82, 2.24) is 10.3 Å². The van der Waals surface area contributed by atoms with E-state index in [1.807, 2.05) is 32.9 Å². The highest BCUT2D eigenvalue weighted by Gasteiger charge is 2.17. The predicted molar refractivity (Wildman–Crippen MR) is 70.1 cm³/mol. The van der Waals surface area contributed by atoms with Crippen LogP contribution in [0.4, 0.5) is 0 Å². The number of nitrogens with two attached hydrogens (primary N) is 1. The molecular formula is C13H21N3O2. The van der Waals surface area contributed by atoms with Gasteiger partial charge >= 0.3 is 0 Å². The molecular weight excluding hydrogens is 230 g/mol. The predicted octanol–water partition coefficient (Wildman–Crippen LogP) is 1.08. The van der Waals surface area contributed by atoms with Gasteiger partial charge < -0.3 is 15.8 Å². The Kier molecular flexibility index (Phi) is 5.58. The molecule has 0 saturated carbocycles. The summed E-state index contributed by atoms with van der Waals surface area (Å²) >= 11 is 0. The van der Waals surface area contributed by atoms with Crippen LogP contribution in [-0.4, -0.2) is 23.5 Å². The first-order valence-corrected chi connectivity index (χ1v) is 6.16. The molecule has 0 aliphatic rings. The summed E-state index contributed by atoms with van der Waals surface area (Å²) in [5, 5.41) is 2.79. The minimum atomic E-state index is -0.489. The number of carbonyl (C=O) groups excluding carboxylic acids is 1. The molecule has 1 amide bonds. The molecule has 100 valence electrons. The Morgan fingerprint density at radius 1 is 1.56 bits per heavy atom. The molecule has 0 unspecified atom stereocenters. The van der Waals surface area contributed by atoms with E-state index in [-0.39, 0.29) is 11.8 Å². The van der Waals surface area contributed by atoms with Crippen molar-refractivity contribution in [3.63, 3.8) is 0 Å². The van der Waals surface area contributed by atoms with Gasteiger partial charge in [0.2, 0.25) is 11.8 Å². The number of carbonyl (C=O) groups is 1. The average molecular weight is 251 g/mol. The van der Waals surface area contributed by atoms with Crippen LogP contribution in [0.5, 0.6) is 5.88 Å². The summed E-state index contributed by atoms with van der Waals surface area (Å²) < 4.78 is 5.38. The molecule has 0 aromatic carbocycles. The maximum Gasteiger partial charge on any atom is 0.237 e. The molecule has 1 heterocycles. The summed E-state index contributed by atoms with van der Waals surface area (Å²) in [6, 6.07) is 3.20. The van der Waals surface area contributed by atoms with E-state index in [9.17, 15) is 4.79 Å². The Bertz CT molecular complexity index is 394. The van der Waals surface area contributed by atoms with Crippen molar-refractivity contribution < 1.29 is 9.53 Å². The van der Waals surface area contributed by atoms with E-state index in [0.717, 1.165) is 5.56 Å². The van der Waals surface area contributed by atoms with Gasteiger partial charge in [-0.15, -0.1) is 0 Å². The first-order chi connectivity index (χ1) is 8.56. The van der Waals surface area contributed by atoms with Crippen LogP contribution in [0, 0.1) is 5.92 Å². The van der Waals surface area contributed by atoms with Crippen molar-refractivity contribution in [2.45, 2.75) is 33.4 Å². The normalized spacial score (nSPS) is 12.3. The van der Waals surface area contributed by atoms with Crippen LogP contribution < -0.4 is 15.8 Å². The van der Waals surface area contributed by atoms with Crippen molar-refractivity contribution in [1.29, 1.82) is 0 Å². The van der Waals surface area contributed by atoms with Gasteiger partial charge in [0.25, 0.3) is 0 Å². The molecule has 0 aliphatic heterocycles. The van der Waals surface area contributed by atoms with Crippen LogP contribution in [0.25, 0.3) is 0 Å². The van der Waals surface area contributed by atoms with Gasteiger partial charge in [-0.25, -0.2) is 4.98 Å². The first kappa shape index (κ1) is 14.4. The van der Waals surface area contributed by atoms with Gasteiger partial charge in [0.05, 0.1) is 12.6 Å². The fourth-order valence-corrected chi connectivity index (χ4v) is 1.43. The SMILES string of the molecule is CCOc1ncccc1CNC(=O)[C@@H](N)C(C)C. The molecule has 0 radical (unpaired) electrons. The molecule has 1 atom stereocenters. The third-order valence-electron chi connectivity index (χ3n) is 2.61. The van der Waals surface area contributed by atoms with Crippen molar-refractivity contribution in [2.24, 2.45) is 11.7 Å². The maximum absolute atomic E-state index is 11.7. The van der Waals surface area contributed by atoms with Gasteiger partial charge in [-0.1, -0.05) is 19.9 Å². The minimum Gasteiger partial charge on any atom is -0.478 e. The van der Waals surface area contributed by atoms with Gasteiger partial charge in [-0.2, -0.15) is 0 Å². The fourth-order valence-electron chi connectivity index (χ4n) is 1.43. The zero-order valence-corrected chi connectivity index (χ0v) is 11.1. The lowest BCUT2D eigenvalue weighted by Crippen LogP contribution is -2.43. The molecule has 3 N–H and O–H groups in total. The number of rotatable bonds is 6. The average Bonchev–Trinajstić information content (AvgIpc) is 2.36. The largest absolute Gasteiger partial charge is 0.478 e. The summed E-state index contributed by atoms with van der Waals surface area (Å²) in [6.45, 7) is 6.65. The van der Waals surface area contributed by atoms with Crippen molar-refractivity contribution in [3.05, 3.63) is 23.9 Å². The Morgan fingerprint density at radius 3 is 2.89 bits per heavy atom. The number of pyridine rings is 1. The van der Waals surface area contributed by atoms with E-state index < -0.39 is 6.04 Å². The number of nitrogens with zero attached hydrogens (tertiary/aromatic N) is 1. The minimum absolute atomic E-state index is 0.116. The molecule has 5 nitrogen and oxygen atoms in total. The third-order valence-corrected chi connectivity index (χ3v) is 2.61. The Morgan fingerprint density at radius 2 is 2.28 bits per heavy atom. The van der Waals surface area contributed by atoms with Crippen LogP contribution in [0.3, 0.4) is 0 Å². The van der Waals surface area contributed by atoms with Crippen LogP contribution in [0.1, 0.15) is 26.3 Å². The zero-order valence-electron chi connectivity index (χ0n) is 11.1. The highest BCUT2D eigenvalue weighted by Crippen LogP contribution is 2.13. The van der Waals surface area contributed by atoms with E-state index in [4.69, 9.17) is 10.5 Å². The number of hydrogen-bond donors (Lipinski definition) is 2. The second-order valence-electron chi connectivity index (χ2n) is 4.39. The zero-order chi connectivity index (χ0) is 13.5. The third kappa shape index (κ3) is 4.00. The highest BCUT2D eigenvalue weighted by molar-refractivity contribution is 5.81. The maximum atomic E-state index is 11.7. The monoisotopic (exact) mass is 251 g/mol. The summed E-state index contributed by atoms with van der Waals surface area (Å²) in [4.78, 5) is 15.9. The van der Waals surface area contributed by atoms with Crippen molar-refractivity contribution >= 4 is 5.91 Å². The molecule has 1 aromatic heterocycles. The topological polar surface area (TPSA) is 77.2 Å². The standard InChI is InChI=1S/C13H21N3O2/c1-4-18-13-10(6-5-7-15-13)8-16-12(17)11(14)9(2)3/h5-7,9,11H,4,8,14H2,1-3H3,(H,16,17)/t11-/m0/s1. The first-order valence-electron chi connectivity index (χ1n) is 6.16. The van der Waals surface area contributed by atoms with Gasteiger partial charge in [-0.05, 0) is 18.9 Å². The van der Waals surface area contributed by atoms with E-state index in [2.05, 4.69) is 10.3 Å². The molecule has 0 spiro atoms. The van der Waals surface area contributed by atoms with Gasteiger partial charge in [-0.3, -0.25) is 4.79 Å². The van der Waals surface area contributed by atoms with Crippen molar-refractivity contribution in [3.8, 4) is 5.88 Å². The second-order valence-corrected chi connectivity index (χ2v) is 4.39. The Hall–Kier alpha value is -1.62. The summed E-state index contributed by atoms with van der Waals surface area (Å²) in [7, 11) is 0. The van der Waals surface area contributed by atoms with E-state index in [0.29, 0.717) is 19.0 Å². The molecule has 0 saturated heterocycles. The lowest BCUT2D eigenvalue weighted by Gasteiger charge is -2.16. The van der Waals surface area contributed by atoms with Gasteiger partial charge in [0.15, 0.2) is 0 Å². The number of amides is 1. The number of nitrogens with one attached hydrogen (secondary N) is 1. The van der Waals surface area contributed by atoms with Gasteiger partial charge in [0, 0.05) is 18.3 Å². The lowest BCUT2D eigenvalue weighted by atomic mass is 10.1. The number of hydrogen-bond acceptors (Lipinski definition) is 4. The lowest BCUT2D eigenvalue weighted by molar-refractivity contribution is -0.123. The summed E-state index contributed by atoms with van der Waals surface area (Å²) in [6.07, 6.45) is 1.66. The second kappa shape index (κ2) is 6.96. The van der Waals surface area contributed by atoms with Gasteiger partial charge in [0.1, 0.15) is 0 Å². The smallest absolute Gasteiger partial charge is 0.237 e. The molecule has 1 rings (SSSR count). The fraction of sp³-hybridized carbons (Fsp3) is 0.538. The van der Waals surface area contributed by atoms with E-state index >= 15 is 0 Å². The molecule has 18 heavy (non-hydrogen) atoms. The summed E-state index contributed by atoms with van der Waals surface area (Å²) in [5.41, 5.74) is 6.61. The molecule has 0 bridgehead atoms. The van der Waals surface area contributed by atoms with Crippen LogP contribution in [-0.2, 0) is 11.3 Å². The molecule has 0 fully saturated rings. The van der Waals surface area contributed by atoms with Crippen molar-refractivity contribution in [2.75, 3.05) is 6.61 Å². The Labute approximate surface area is 108 Å². The van der Waals surface area contributed by atoms with Crippen LogP contribution in [0.15, 0.2) is 18.3 Å². The number of ether oxygens (including phenoxy) is 1. The quantitative estimate of drug-likeness (QED) is 0.793. The Balaban J connectivity index is 2.60.